The van der Waals surface area contributed by atoms with Gasteiger partial charge in [-0.2, -0.15) is 0 Å². The van der Waals surface area contributed by atoms with Crippen LogP contribution in [0.5, 0.6) is 0 Å². The average Bonchev–Trinajstić information content (AvgIpc) is 3.02. The van der Waals surface area contributed by atoms with Gasteiger partial charge in [0.15, 0.2) is 0 Å². The molecule has 0 radical (unpaired) electrons. The molecule has 1 aliphatic heterocycles. The highest BCUT2D eigenvalue weighted by atomic mass is 16.5. The lowest BCUT2D eigenvalue weighted by Crippen LogP contribution is -2.33. The summed E-state index contributed by atoms with van der Waals surface area (Å²) in [6, 6.07) is 0.802. The van der Waals surface area contributed by atoms with E-state index in [-0.39, 0.29) is 0 Å². The molecule has 3 nitrogen and oxygen atoms in total. The zero-order valence-corrected chi connectivity index (χ0v) is 11.3. The summed E-state index contributed by atoms with van der Waals surface area (Å²) < 4.78 is 6.02. The van der Waals surface area contributed by atoms with Crippen LogP contribution < -0.4 is 5.32 Å². The number of nitrogens with zero attached hydrogens (tertiary/aromatic N) is 1. The normalized spacial score (nSPS) is 23.1. The summed E-state index contributed by atoms with van der Waals surface area (Å²) in [6.45, 7) is 7.90. The topological polar surface area (TPSA) is 24.5 Å². The molecule has 1 unspecified atom stereocenters. The van der Waals surface area contributed by atoms with E-state index in [1.54, 1.807) is 0 Å². The van der Waals surface area contributed by atoms with Crippen LogP contribution in [0, 0.1) is 0 Å². The van der Waals surface area contributed by atoms with Gasteiger partial charge in [-0.25, -0.2) is 0 Å². The lowest BCUT2D eigenvalue weighted by Gasteiger charge is -2.20. The molecular formula is C14H28N2O. The van der Waals surface area contributed by atoms with Crippen LogP contribution in [0.15, 0.2) is 0 Å². The van der Waals surface area contributed by atoms with Gasteiger partial charge in [-0.05, 0) is 45.2 Å². The Morgan fingerprint density at radius 2 is 2.06 bits per heavy atom. The van der Waals surface area contributed by atoms with E-state index in [0.717, 1.165) is 25.7 Å². The first-order chi connectivity index (χ1) is 8.38. The van der Waals surface area contributed by atoms with Gasteiger partial charge in [0.2, 0.25) is 0 Å². The number of rotatable bonds is 9. The molecule has 1 aliphatic carbocycles. The maximum Gasteiger partial charge on any atom is 0.0700 e. The standard InChI is InChI=1S/C14H28N2O/c1-2-5-14(12-15-13-6-7-13)17-11-10-16-8-3-4-9-16/h13-15H,2-12H2,1H3. The zero-order chi connectivity index (χ0) is 11.9. The Labute approximate surface area is 106 Å². The van der Waals surface area contributed by atoms with Crippen molar-refractivity contribution in [2.45, 2.75) is 57.6 Å². The van der Waals surface area contributed by atoms with Gasteiger partial charge in [0, 0.05) is 19.1 Å². The molecular weight excluding hydrogens is 212 g/mol. The summed E-state index contributed by atoms with van der Waals surface area (Å²) >= 11 is 0. The molecule has 0 spiro atoms. The van der Waals surface area contributed by atoms with E-state index in [1.807, 2.05) is 0 Å². The first-order valence-corrected chi connectivity index (χ1v) is 7.46. The third-order valence-corrected chi connectivity index (χ3v) is 3.78. The minimum absolute atomic E-state index is 0.434. The molecule has 0 aromatic heterocycles. The molecule has 1 heterocycles. The van der Waals surface area contributed by atoms with Crippen molar-refractivity contribution < 1.29 is 4.74 Å². The molecule has 17 heavy (non-hydrogen) atoms. The van der Waals surface area contributed by atoms with Gasteiger partial charge in [0.05, 0.1) is 12.7 Å². The molecule has 0 bridgehead atoms. The van der Waals surface area contributed by atoms with Crippen LogP contribution in [0.25, 0.3) is 0 Å². The predicted octanol–water partition coefficient (Wildman–Crippen LogP) is 2.02. The van der Waals surface area contributed by atoms with Crippen molar-refractivity contribution >= 4 is 0 Å². The van der Waals surface area contributed by atoms with Gasteiger partial charge in [0.1, 0.15) is 0 Å². The van der Waals surface area contributed by atoms with Gasteiger partial charge in [-0.3, -0.25) is 0 Å². The Balaban J connectivity index is 1.54. The van der Waals surface area contributed by atoms with Crippen LogP contribution in [-0.4, -0.2) is 49.8 Å². The van der Waals surface area contributed by atoms with E-state index in [2.05, 4.69) is 17.1 Å². The SMILES string of the molecule is CCCC(CNC1CC1)OCCN1CCCC1. The Morgan fingerprint density at radius 3 is 2.71 bits per heavy atom. The molecule has 1 saturated heterocycles. The van der Waals surface area contributed by atoms with Crippen molar-refractivity contribution in [1.82, 2.24) is 10.2 Å². The lowest BCUT2D eigenvalue weighted by atomic mass is 10.2. The van der Waals surface area contributed by atoms with Gasteiger partial charge in [-0.1, -0.05) is 13.3 Å². The van der Waals surface area contributed by atoms with E-state index >= 15 is 0 Å². The highest BCUT2D eigenvalue weighted by molar-refractivity contribution is 4.82. The number of hydrogen-bond acceptors (Lipinski definition) is 3. The van der Waals surface area contributed by atoms with Crippen LogP contribution in [0.2, 0.25) is 0 Å². The monoisotopic (exact) mass is 240 g/mol. The van der Waals surface area contributed by atoms with Crippen LogP contribution in [-0.2, 0) is 4.74 Å². The van der Waals surface area contributed by atoms with Crippen LogP contribution in [0.4, 0.5) is 0 Å². The Hall–Kier alpha value is -0.120. The smallest absolute Gasteiger partial charge is 0.0700 e. The molecule has 1 N–H and O–H groups in total. The second-order valence-corrected chi connectivity index (χ2v) is 5.51. The maximum atomic E-state index is 6.02. The first kappa shape index (κ1) is 13.3. The molecule has 1 atom stereocenters. The predicted molar refractivity (Wildman–Crippen MR) is 71.3 cm³/mol. The summed E-state index contributed by atoms with van der Waals surface area (Å²) in [7, 11) is 0. The molecule has 2 aliphatic rings. The largest absolute Gasteiger partial charge is 0.376 e. The van der Waals surface area contributed by atoms with Crippen molar-refractivity contribution in [1.29, 1.82) is 0 Å². The molecule has 0 amide bonds. The van der Waals surface area contributed by atoms with Crippen LogP contribution in [0.3, 0.4) is 0 Å². The summed E-state index contributed by atoms with van der Waals surface area (Å²) in [6.07, 6.45) is 8.34. The minimum atomic E-state index is 0.434. The van der Waals surface area contributed by atoms with E-state index in [1.165, 1.54) is 51.6 Å². The first-order valence-electron chi connectivity index (χ1n) is 7.46. The molecule has 0 aromatic rings. The molecule has 0 aromatic carbocycles. The molecule has 100 valence electrons. The molecule has 3 heteroatoms. The van der Waals surface area contributed by atoms with Crippen molar-refractivity contribution in [3.05, 3.63) is 0 Å². The van der Waals surface area contributed by atoms with Crippen molar-refractivity contribution in [2.75, 3.05) is 32.8 Å². The van der Waals surface area contributed by atoms with E-state index in [4.69, 9.17) is 4.74 Å². The molecule has 1 saturated carbocycles. The Kier molecular flexibility index (Phi) is 5.75. The maximum absolute atomic E-state index is 6.02. The highest BCUT2D eigenvalue weighted by Gasteiger charge is 2.22. The van der Waals surface area contributed by atoms with Crippen molar-refractivity contribution in [2.24, 2.45) is 0 Å². The fourth-order valence-electron chi connectivity index (χ4n) is 2.51. The quantitative estimate of drug-likeness (QED) is 0.667. The minimum Gasteiger partial charge on any atom is -0.376 e. The number of hydrogen-bond donors (Lipinski definition) is 1. The van der Waals surface area contributed by atoms with Gasteiger partial charge in [-0.15, -0.1) is 0 Å². The van der Waals surface area contributed by atoms with Crippen LogP contribution >= 0.6 is 0 Å². The summed E-state index contributed by atoms with van der Waals surface area (Å²) in [4.78, 5) is 2.53. The summed E-state index contributed by atoms with van der Waals surface area (Å²) in [5.74, 6) is 0. The van der Waals surface area contributed by atoms with Crippen LogP contribution in [0.1, 0.15) is 45.4 Å². The van der Waals surface area contributed by atoms with Gasteiger partial charge in [0.25, 0.3) is 0 Å². The van der Waals surface area contributed by atoms with Gasteiger partial charge < -0.3 is 15.0 Å². The van der Waals surface area contributed by atoms with E-state index in [9.17, 15) is 0 Å². The summed E-state index contributed by atoms with van der Waals surface area (Å²) in [5, 5.41) is 3.58. The van der Waals surface area contributed by atoms with Crippen molar-refractivity contribution in [3.63, 3.8) is 0 Å². The molecule has 2 rings (SSSR count). The third-order valence-electron chi connectivity index (χ3n) is 3.78. The fraction of sp³-hybridized carbons (Fsp3) is 1.00. The van der Waals surface area contributed by atoms with E-state index in [0.29, 0.717) is 6.10 Å². The molecule has 2 fully saturated rings. The Bertz CT molecular complexity index is 200. The number of nitrogens with one attached hydrogen (secondary N) is 1. The Morgan fingerprint density at radius 1 is 1.29 bits per heavy atom. The summed E-state index contributed by atoms with van der Waals surface area (Å²) in [5.41, 5.74) is 0. The average molecular weight is 240 g/mol. The number of likely N-dealkylation sites (tertiary alicyclic amines) is 1. The lowest BCUT2D eigenvalue weighted by molar-refractivity contribution is 0.0353. The zero-order valence-electron chi connectivity index (χ0n) is 11.3. The number of ether oxygens (including phenoxy) is 1. The van der Waals surface area contributed by atoms with E-state index < -0.39 is 0 Å². The van der Waals surface area contributed by atoms with Crippen molar-refractivity contribution in [3.8, 4) is 0 Å². The highest BCUT2D eigenvalue weighted by Crippen LogP contribution is 2.19. The second-order valence-electron chi connectivity index (χ2n) is 5.51. The second kappa shape index (κ2) is 7.34. The third kappa shape index (κ3) is 5.36. The fourth-order valence-corrected chi connectivity index (χ4v) is 2.51. The van der Waals surface area contributed by atoms with Gasteiger partial charge >= 0.3 is 0 Å².